The van der Waals surface area contributed by atoms with Crippen LogP contribution in [0.4, 0.5) is 0 Å². The van der Waals surface area contributed by atoms with Gasteiger partial charge in [-0.1, -0.05) is 49.4 Å². The molecule has 2 aromatic carbocycles. The van der Waals surface area contributed by atoms with Crippen molar-refractivity contribution in [2.75, 3.05) is 0 Å². The quantitative estimate of drug-likeness (QED) is 0.611. The van der Waals surface area contributed by atoms with Gasteiger partial charge in [-0.05, 0) is 61.8 Å². The first-order chi connectivity index (χ1) is 14.9. The number of aromatic nitrogens is 2. The van der Waals surface area contributed by atoms with Crippen LogP contribution in [0.25, 0.3) is 11.3 Å². The van der Waals surface area contributed by atoms with Crippen molar-refractivity contribution in [3.05, 3.63) is 81.1 Å². The maximum Gasteiger partial charge on any atom is 0.267 e. The first-order valence-corrected chi connectivity index (χ1v) is 12.2. The fraction of sp³-hybridized carbons (Fsp3) is 0.333. The summed E-state index contributed by atoms with van der Waals surface area (Å²) in [6.45, 7) is 3.77. The Labute approximate surface area is 182 Å². The molecular formula is C24H27N3O3S. The van der Waals surface area contributed by atoms with Crippen molar-refractivity contribution in [3.63, 3.8) is 0 Å². The third kappa shape index (κ3) is 4.34. The van der Waals surface area contributed by atoms with Crippen LogP contribution in [-0.2, 0) is 29.3 Å². The number of aryl methyl sites for hydroxylation is 1. The molecule has 0 amide bonds. The summed E-state index contributed by atoms with van der Waals surface area (Å²) in [5, 5.41) is 6.89. The minimum Gasteiger partial charge on any atom is -0.268 e. The van der Waals surface area contributed by atoms with Crippen LogP contribution < -0.4 is 10.3 Å². The maximum atomic E-state index is 13.3. The number of sulfonamides is 1. The van der Waals surface area contributed by atoms with Gasteiger partial charge in [0.05, 0.1) is 10.6 Å². The van der Waals surface area contributed by atoms with E-state index in [-0.39, 0.29) is 16.5 Å². The van der Waals surface area contributed by atoms with Gasteiger partial charge in [-0.3, -0.25) is 4.79 Å². The molecule has 162 valence electrons. The molecule has 4 rings (SSSR count). The fourth-order valence-corrected chi connectivity index (χ4v) is 5.82. The Kier molecular flexibility index (Phi) is 6.07. The van der Waals surface area contributed by atoms with E-state index >= 15 is 0 Å². The Morgan fingerprint density at radius 3 is 2.48 bits per heavy atom. The topological polar surface area (TPSA) is 91.9 Å². The number of benzene rings is 2. The molecule has 0 bridgehead atoms. The molecule has 0 aliphatic heterocycles. The molecule has 6 nitrogen and oxygen atoms in total. The highest BCUT2D eigenvalue weighted by atomic mass is 32.2. The molecule has 1 atom stereocenters. The molecule has 7 heteroatoms. The highest BCUT2D eigenvalue weighted by Gasteiger charge is 2.24. The molecule has 0 spiro atoms. The van der Waals surface area contributed by atoms with Crippen LogP contribution in [0, 0.1) is 0 Å². The summed E-state index contributed by atoms with van der Waals surface area (Å²) in [6.07, 6.45) is 4.08. The molecule has 1 heterocycles. The monoisotopic (exact) mass is 437 g/mol. The normalized spacial score (nSPS) is 14.8. The zero-order valence-corrected chi connectivity index (χ0v) is 18.6. The lowest BCUT2D eigenvalue weighted by atomic mass is 9.89. The van der Waals surface area contributed by atoms with Crippen molar-refractivity contribution in [2.45, 2.75) is 56.9 Å². The van der Waals surface area contributed by atoms with Crippen LogP contribution in [-0.4, -0.2) is 18.6 Å². The molecule has 0 fully saturated rings. The second-order valence-electron chi connectivity index (χ2n) is 8.00. The van der Waals surface area contributed by atoms with E-state index in [4.69, 9.17) is 0 Å². The van der Waals surface area contributed by atoms with E-state index in [2.05, 4.69) is 14.9 Å². The summed E-state index contributed by atoms with van der Waals surface area (Å²) >= 11 is 0. The van der Waals surface area contributed by atoms with Crippen molar-refractivity contribution in [1.29, 1.82) is 0 Å². The number of nitrogens with zero attached hydrogens (tertiary/aromatic N) is 1. The van der Waals surface area contributed by atoms with Gasteiger partial charge in [0, 0.05) is 17.2 Å². The molecule has 31 heavy (non-hydrogen) atoms. The lowest BCUT2D eigenvalue weighted by Gasteiger charge is -2.19. The molecule has 0 saturated heterocycles. The van der Waals surface area contributed by atoms with Crippen molar-refractivity contribution >= 4 is 10.0 Å². The lowest BCUT2D eigenvalue weighted by molar-refractivity contribution is 0.566. The number of hydrogen-bond acceptors (Lipinski definition) is 4. The van der Waals surface area contributed by atoms with Crippen LogP contribution in [0.1, 0.15) is 55.0 Å². The van der Waals surface area contributed by atoms with E-state index < -0.39 is 10.0 Å². The van der Waals surface area contributed by atoms with Crippen LogP contribution in [0.2, 0.25) is 0 Å². The Balaban J connectivity index is 1.76. The molecule has 3 aromatic rings. The first-order valence-electron chi connectivity index (χ1n) is 10.7. The Morgan fingerprint density at radius 1 is 1.06 bits per heavy atom. The predicted molar refractivity (Wildman–Crippen MR) is 121 cm³/mol. The van der Waals surface area contributed by atoms with Gasteiger partial charge in [-0.2, -0.15) is 5.10 Å². The van der Waals surface area contributed by atoms with Crippen LogP contribution in [0.15, 0.2) is 58.2 Å². The minimum absolute atomic E-state index is 0.144. The second-order valence-corrected chi connectivity index (χ2v) is 9.68. The zero-order chi connectivity index (χ0) is 22.0. The van der Waals surface area contributed by atoms with Gasteiger partial charge in [0.25, 0.3) is 5.56 Å². The van der Waals surface area contributed by atoms with E-state index in [9.17, 15) is 13.2 Å². The predicted octanol–water partition coefficient (Wildman–Crippen LogP) is 3.92. The van der Waals surface area contributed by atoms with Gasteiger partial charge in [0.15, 0.2) is 0 Å². The highest BCUT2D eigenvalue weighted by molar-refractivity contribution is 7.89. The van der Waals surface area contributed by atoms with Gasteiger partial charge in [0.2, 0.25) is 10.0 Å². The van der Waals surface area contributed by atoms with E-state index in [1.54, 1.807) is 6.07 Å². The molecule has 1 aromatic heterocycles. The van der Waals surface area contributed by atoms with Crippen molar-refractivity contribution in [2.24, 2.45) is 0 Å². The molecule has 1 aliphatic carbocycles. The average molecular weight is 438 g/mol. The molecule has 1 aliphatic rings. The first kappa shape index (κ1) is 21.5. The average Bonchev–Trinajstić information content (AvgIpc) is 2.79. The minimum atomic E-state index is -3.76. The molecule has 2 N–H and O–H groups in total. The molecular weight excluding hydrogens is 410 g/mol. The molecule has 0 radical (unpaired) electrons. The second kappa shape index (κ2) is 8.77. The number of fused-ring (bicyclic) bond motifs is 1. The van der Waals surface area contributed by atoms with Gasteiger partial charge in [-0.25, -0.2) is 18.2 Å². The molecule has 0 unspecified atom stereocenters. The van der Waals surface area contributed by atoms with Crippen molar-refractivity contribution in [1.82, 2.24) is 14.9 Å². The van der Waals surface area contributed by atoms with Gasteiger partial charge in [0.1, 0.15) is 0 Å². The third-order valence-corrected chi connectivity index (χ3v) is 7.56. The van der Waals surface area contributed by atoms with Crippen LogP contribution in [0.5, 0.6) is 0 Å². The number of nitrogens with one attached hydrogen (secondary N) is 2. The van der Waals surface area contributed by atoms with Crippen LogP contribution >= 0.6 is 0 Å². The van der Waals surface area contributed by atoms with Crippen molar-refractivity contribution < 1.29 is 8.42 Å². The summed E-state index contributed by atoms with van der Waals surface area (Å²) in [6, 6.07) is 14.6. The summed E-state index contributed by atoms with van der Waals surface area (Å²) in [4.78, 5) is 12.5. The zero-order valence-electron chi connectivity index (χ0n) is 17.8. The smallest absolute Gasteiger partial charge is 0.267 e. The van der Waals surface area contributed by atoms with E-state index in [1.807, 2.05) is 56.3 Å². The number of H-pyrrole nitrogens is 1. The Morgan fingerprint density at radius 2 is 1.77 bits per heavy atom. The summed E-state index contributed by atoms with van der Waals surface area (Å²) < 4.78 is 29.5. The van der Waals surface area contributed by atoms with Crippen molar-refractivity contribution in [3.8, 4) is 11.3 Å². The highest BCUT2D eigenvalue weighted by Crippen LogP contribution is 2.31. The SMILES string of the molecule is CCc1ccc(-c2n[nH]c(=O)c3c2CCCC3)cc1S(=O)(=O)N[C@H](C)c1ccccc1. The van der Waals surface area contributed by atoms with E-state index in [0.717, 1.165) is 47.9 Å². The molecule has 0 saturated carbocycles. The number of rotatable bonds is 6. The van der Waals surface area contributed by atoms with E-state index in [0.29, 0.717) is 17.7 Å². The third-order valence-electron chi connectivity index (χ3n) is 5.94. The summed E-state index contributed by atoms with van der Waals surface area (Å²) in [7, 11) is -3.76. The summed E-state index contributed by atoms with van der Waals surface area (Å²) in [5.74, 6) is 0. The Bertz CT molecular complexity index is 1250. The van der Waals surface area contributed by atoms with Gasteiger partial charge < -0.3 is 0 Å². The van der Waals surface area contributed by atoms with E-state index in [1.165, 1.54) is 0 Å². The number of hydrogen-bond donors (Lipinski definition) is 2. The lowest BCUT2D eigenvalue weighted by Crippen LogP contribution is -2.28. The van der Waals surface area contributed by atoms with Gasteiger partial charge in [-0.15, -0.1) is 0 Å². The fourth-order valence-electron chi connectivity index (χ4n) is 4.25. The maximum absolute atomic E-state index is 13.3. The summed E-state index contributed by atoms with van der Waals surface area (Å²) in [5.41, 5.74) is 4.59. The largest absolute Gasteiger partial charge is 0.268 e. The standard InChI is InChI=1S/C24H27N3O3S/c1-3-17-13-14-19(23-20-11-7-8-12-21(20)24(28)26-25-23)15-22(17)31(29,30)27-16(2)18-9-5-4-6-10-18/h4-6,9-10,13-16,27H,3,7-8,11-12H2,1-2H3,(H,26,28)/t16-/m1/s1. The number of aromatic amines is 1. The Hall–Kier alpha value is -2.77. The van der Waals surface area contributed by atoms with Gasteiger partial charge >= 0.3 is 0 Å². The van der Waals surface area contributed by atoms with Crippen LogP contribution in [0.3, 0.4) is 0 Å².